The van der Waals surface area contributed by atoms with Crippen molar-refractivity contribution in [2.45, 2.75) is 24.2 Å². The summed E-state index contributed by atoms with van der Waals surface area (Å²) >= 11 is 0. The van der Waals surface area contributed by atoms with Gasteiger partial charge in [-0.2, -0.15) is 4.31 Å². The molecule has 0 atom stereocenters. The standard InChI is InChI=1S/C14H18N2O5S/c17-13(18)10-15-14(19)11-6-2-3-7-12(11)22(20,21)16-8-4-1-5-9-16/h2-3,6-7H,1,4-5,8-10H2,(H,15,19)(H,17,18). The van der Waals surface area contributed by atoms with E-state index in [9.17, 15) is 18.0 Å². The van der Waals surface area contributed by atoms with E-state index >= 15 is 0 Å². The zero-order chi connectivity index (χ0) is 16.2. The Morgan fingerprint density at radius 1 is 1.14 bits per heavy atom. The van der Waals surface area contributed by atoms with Crippen molar-refractivity contribution < 1.29 is 23.1 Å². The highest BCUT2D eigenvalue weighted by molar-refractivity contribution is 7.89. The van der Waals surface area contributed by atoms with Crippen LogP contribution in [0, 0.1) is 0 Å². The molecule has 0 radical (unpaired) electrons. The maximum atomic E-state index is 12.7. The minimum Gasteiger partial charge on any atom is -0.480 e. The van der Waals surface area contributed by atoms with Crippen LogP contribution in [0.5, 0.6) is 0 Å². The van der Waals surface area contributed by atoms with Crippen molar-refractivity contribution in [3.63, 3.8) is 0 Å². The summed E-state index contributed by atoms with van der Waals surface area (Å²) in [7, 11) is -3.75. The number of nitrogens with zero attached hydrogens (tertiary/aromatic N) is 1. The number of rotatable bonds is 5. The average molecular weight is 326 g/mol. The van der Waals surface area contributed by atoms with Gasteiger partial charge in [0.2, 0.25) is 10.0 Å². The Balaban J connectivity index is 2.31. The van der Waals surface area contributed by atoms with Gasteiger partial charge in [0.05, 0.1) is 10.5 Å². The number of carbonyl (C=O) groups excluding carboxylic acids is 1. The SMILES string of the molecule is O=C(O)CNC(=O)c1ccccc1S(=O)(=O)N1CCCCC1. The molecule has 1 heterocycles. The summed E-state index contributed by atoms with van der Waals surface area (Å²) in [4.78, 5) is 22.5. The molecular weight excluding hydrogens is 308 g/mol. The van der Waals surface area contributed by atoms with E-state index in [1.54, 1.807) is 12.1 Å². The summed E-state index contributed by atoms with van der Waals surface area (Å²) in [5.74, 6) is -1.90. The molecule has 7 nitrogen and oxygen atoms in total. The molecule has 120 valence electrons. The number of carboxylic acid groups (broad SMARTS) is 1. The van der Waals surface area contributed by atoms with Crippen LogP contribution in [-0.4, -0.2) is 49.3 Å². The lowest BCUT2D eigenvalue weighted by Crippen LogP contribution is -2.37. The first-order chi connectivity index (χ1) is 10.4. The second-order valence-corrected chi connectivity index (χ2v) is 6.94. The number of amides is 1. The minimum atomic E-state index is -3.75. The van der Waals surface area contributed by atoms with Crippen LogP contribution in [0.15, 0.2) is 29.2 Å². The van der Waals surface area contributed by atoms with Crippen LogP contribution in [0.3, 0.4) is 0 Å². The van der Waals surface area contributed by atoms with Crippen LogP contribution in [0.2, 0.25) is 0 Å². The van der Waals surface area contributed by atoms with Crippen molar-refractivity contribution in [3.05, 3.63) is 29.8 Å². The molecule has 8 heteroatoms. The molecule has 0 aliphatic carbocycles. The molecule has 0 unspecified atom stereocenters. The second kappa shape index (κ2) is 6.89. The molecule has 2 N–H and O–H groups in total. The maximum absolute atomic E-state index is 12.7. The van der Waals surface area contributed by atoms with Crippen molar-refractivity contribution in [1.29, 1.82) is 0 Å². The predicted octanol–water partition coefficient (Wildman–Crippen LogP) is 0.676. The molecule has 0 bridgehead atoms. The third-order valence-electron chi connectivity index (χ3n) is 3.46. The number of piperidine rings is 1. The Hall–Kier alpha value is -1.93. The van der Waals surface area contributed by atoms with Crippen LogP contribution in [0.1, 0.15) is 29.6 Å². The van der Waals surface area contributed by atoms with Crippen LogP contribution >= 0.6 is 0 Å². The zero-order valence-electron chi connectivity index (χ0n) is 12.0. The highest BCUT2D eigenvalue weighted by Gasteiger charge is 2.29. The number of hydrogen-bond acceptors (Lipinski definition) is 4. The summed E-state index contributed by atoms with van der Waals surface area (Å²) in [6.07, 6.45) is 2.59. The zero-order valence-corrected chi connectivity index (χ0v) is 12.8. The fraction of sp³-hybridized carbons (Fsp3) is 0.429. The molecule has 0 aromatic heterocycles. The Bertz CT molecular complexity index is 666. The van der Waals surface area contributed by atoms with Gasteiger partial charge in [0.15, 0.2) is 0 Å². The number of nitrogens with one attached hydrogen (secondary N) is 1. The van der Waals surface area contributed by atoms with Gasteiger partial charge >= 0.3 is 5.97 Å². The summed E-state index contributed by atoms with van der Waals surface area (Å²) < 4.78 is 26.7. The van der Waals surface area contributed by atoms with Crippen molar-refractivity contribution in [3.8, 4) is 0 Å². The predicted molar refractivity (Wildman–Crippen MR) is 79.0 cm³/mol. The van der Waals surface area contributed by atoms with Gasteiger partial charge in [0.25, 0.3) is 5.91 Å². The first kappa shape index (κ1) is 16.4. The quantitative estimate of drug-likeness (QED) is 0.828. The average Bonchev–Trinajstić information content (AvgIpc) is 2.53. The van der Waals surface area contributed by atoms with E-state index in [2.05, 4.69) is 5.32 Å². The summed E-state index contributed by atoms with van der Waals surface area (Å²) in [5.41, 5.74) is -0.0330. The fourth-order valence-electron chi connectivity index (χ4n) is 2.37. The van der Waals surface area contributed by atoms with E-state index in [4.69, 9.17) is 5.11 Å². The molecular formula is C14H18N2O5S. The summed E-state index contributed by atoms with van der Waals surface area (Å²) in [6.45, 7) is 0.317. The lowest BCUT2D eigenvalue weighted by Gasteiger charge is -2.26. The third kappa shape index (κ3) is 3.63. The normalized spacial score (nSPS) is 16.2. The molecule has 1 aliphatic rings. The number of benzene rings is 1. The Morgan fingerprint density at radius 3 is 2.41 bits per heavy atom. The maximum Gasteiger partial charge on any atom is 0.322 e. The molecule has 1 aromatic rings. The van der Waals surface area contributed by atoms with Crippen LogP contribution in [-0.2, 0) is 14.8 Å². The molecule has 1 saturated heterocycles. The van der Waals surface area contributed by atoms with Gasteiger partial charge in [0.1, 0.15) is 6.54 Å². The lowest BCUT2D eigenvalue weighted by atomic mass is 10.2. The third-order valence-corrected chi connectivity index (χ3v) is 5.42. The van der Waals surface area contributed by atoms with Gasteiger partial charge in [-0.1, -0.05) is 18.6 Å². The lowest BCUT2D eigenvalue weighted by molar-refractivity contribution is -0.135. The molecule has 1 fully saturated rings. The first-order valence-corrected chi connectivity index (χ1v) is 8.46. The topological polar surface area (TPSA) is 104 Å². The number of hydrogen-bond donors (Lipinski definition) is 2. The van der Waals surface area contributed by atoms with Crippen molar-refractivity contribution in [2.24, 2.45) is 0 Å². The van der Waals surface area contributed by atoms with Gasteiger partial charge in [-0.15, -0.1) is 0 Å². The van der Waals surface area contributed by atoms with E-state index < -0.39 is 28.4 Å². The van der Waals surface area contributed by atoms with E-state index in [-0.39, 0.29) is 10.5 Å². The van der Waals surface area contributed by atoms with Gasteiger partial charge in [-0.3, -0.25) is 9.59 Å². The van der Waals surface area contributed by atoms with Gasteiger partial charge in [-0.25, -0.2) is 8.42 Å². The number of aliphatic carboxylic acids is 1. The minimum absolute atomic E-state index is 0.0330. The molecule has 22 heavy (non-hydrogen) atoms. The van der Waals surface area contributed by atoms with Gasteiger partial charge in [0, 0.05) is 13.1 Å². The van der Waals surface area contributed by atoms with Crippen LogP contribution in [0.4, 0.5) is 0 Å². The largest absolute Gasteiger partial charge is 0.480 e. The molecule has 1 aromatic carbocycles. The second-order valence-electron chi connectivity index (χ2n) is 5.04. The number of sulfonamides is 1. The molecule has 1 aliphatic heterocycles. The Labute approximate surface area is 129 Å². The molecule has 1 amide bonds. The van der Waals surface area contributed by atoms with Crippen molar-refractivity contribution >= 4 is 21.9 Å². The van der Waals surface area contributed by atoms with E-state index in [1.165, 1.54) is 16.4 Å². The highest BCUT2D eigenvalue weighted by atomic mass is 32.2. The highest BCUT2D eigenvalue weighted by Crippen LogP contribution is 2.23. The van der Waals surface area contributed by atoms with E-state index in [0.29, 0.717) is 13.1 Å². The van der Waals surface area contributed by atoms with E-state index in [1.807, 2.05) is 0 Å². The van der Waals surface area contributed by atoms with E-state index in [0.717, 1.165) is 19.3 Å². The smallest absolute Gasteiger partial charge is 0.322 e. The van der Waals surface area contributed by atoms with Gasteiger partial charge in [-0.05, 0) is 25.0 Å². The molecule has 0 spiro atoms. The van der Waals surface area contributed by atoms with Crippen molar-refractivity contribution in [2.75, 3.05) is 19.6 Å². The summed E-state index contributed by atoms with van der Waals surface area (Å²) in [6, 6.07) is 5.85. The Kier molecular flexibility index (Phi) is 5.15. The van der Waals surface area contributed by atoms with Crippen molar-refractivity contribution in [1.82, 2.24) is 9.62 Å². The fourth-order valence-corrected chi connectivity index (χ4v) is 4.08. The first-order valence-electron chi connectivity index (χ1n) is 7.02. The summed E-state index contributed by atoms with van der Waals surface area (Å²) in [5, 5.41) is 10.8. The van der Waals surface area contributed by atoms with Crippen LogP contribution in [0.25, 0.3) is 0 Å². The molecule has 2 rings (SSSR count). The number of carbonyl (C=O) groups is 2. The molecule has 0 saturated carbocycles. The number of carboxylic acids is 1. The van der Waals surface area contributed by atoms with Crippen LogP contribution < -0.4 is 5.32 Å². The monoisotopic (exact) mass is 326 g/mol. The van der Waals surface area contributed by atoms with Gasteiger partial charge < -0.3 is 10.4 Å². The Morgan fingerprint density at radius 2 is 1.77 bits per heavy atom.